The van der Waals surface area contributed by atoms with Gasteiger partial charge in [-0.1, -0.05) is 24.8 Å². The lowest BCUT2D eigenvalue weighted by atomic mass is 10.2. The van der Waals surface area contributed by atoms with Crippen molar-refractivity contribution < 1.29 is 9.47 Å². The van der Waals surface area contributed by atoms with Crippen LogP contribution >= 0.6 is 0 Å². The Morgan fingerprint density at radius 1 is 1.20 bits per heavy atom. The van der Waals surface area contributed by atoms with Crippen LogP contribution in [0.4, 0.5) is 0 Å². The van der Waals surface area contributed by atoms with E-state index in [1.54, 1.807) is 0 Å². The third-order valence-electron chi connectivity index (χ3n) is 2.07. The van der Waals surface area contributed by atoms with Crippen LogP contribution in [0.5, 0.6) is 5.75 Å². The first-order valence-corrected chi connectivity index (χ1v) is 5.20. The first-order chi connectivity index (χ1) is 7.22. The predicted octanol–water partition coefficient (Wildman–Crippen LogP) is 3.39. The van der Waals surface area contributed by atoms with Crippen LogP contribution in [0.3, 0.4) is 0 Å². The quantitative estimate of drug-likeness (QED) is 0.664. The molecular weight excluding hydrogens is 188 g/mol. The molecule has 0 aliphatic rings. The summed E-state index contributed by atoms with van der Waals surface area (Å²) in [5.41, 5.74) is 0. The molecule has 0 aliphatic carbocycles. The van der Waals surface area contributed by atoms with Crippen LogP contribution in [-0.4, -0.2) is 12.2 Å². The zero-order valence-electron chi connectivity index (χ0n) is 9.35. The molecule has 0 fully saturated rings. The molecule has 0 bridgehead atoms. The Kier molecular flexibility index (Phi) is 4.75. The first kappa shape index (κ1) is 11.6. The summed E-state index contributed by atoms with van der Waals surface area (Å²) < 4.78 is 11.0. The van der Waals surface area contributed by atoms with Crippen molar-refractivity contribution >= 4 is 0 Å². The van der Waals surface area contributed by atoms with Crippen molar-refractivity contribution in [2.45, 2.75) is 32.5 Å². The third-order valence-corrected chi connectivity index (χ3v) is 2.07. The lowest BCUT2D eigenvalue weighted by molar-refractivity contribution is 0.0997. The van der Waals surface area contributed by atoms with Crippen LogP contribution in [0.1, 0.15) is 20.3 Å². The molecule has 0 aliphatic heterocycles. The maximum Gasteiger partial charge on any atom is 0.119 e. The normalized spacial score (nSPS) is 14.0. The summed E-state index contributed by atoms with van der Waals surface area (Å²) in [6.45, 7) is 7.57. The molecule has 0 saturated carbocycles. The van der Waals surface area contributed by atoms with Gasteiger partial charge in [-0.25, -0.2) is 0 Å². The summed E-state index contributed by atoms with van der Waals surface area (Å²) >= 11 is 0. The molecule has 2 heteroatoms. The number of rotatable bonds is 6. The van der Waals surface area contributed by atoms with Crippen molar-refractivity contribution in [3.05, 3.63) is 43.2 Å². The molecule has 0 N–H and O–H groups in total. The average Bonchev–Trinajstić information content (AvgIpc) is 2.19. The van der Waals surface area contributed by atoms with E-state index in [1.807, 2.05) is 44.2 Å². The van der Waals surface area contributed by atoms with Crippen LogP contribution in [0.25, 0.3) is 0 Å². The highest BCUT2D eigenvalue weighted by molar-refractivity contribution is 5.21. The molecule has 0 heterocycles. The zero-order chi connectivity index (χ0) is 11.1. The number of hydrogen-bond acceptors (Lipinski definition) is 2. The summed E-state index contributed by atoms with van der Waals surface area (Å²) in [6, 6.07) is 9.81. The van der Waals surface area contributed by atoms with Gasteiger partial charge in [-0.05, 0) is 26.0 Å². The van der Waals surface area contributed by atoms with E-state index < -0.39 is 0 Å². The van der Waals surface area contributed by atoms with Crippen molar-refractivity contribution in [2.24, 2.45) is 0 Å². The van der Waals surface area contributed by atoms with Crippen LogP contribution in [0, 0.1) is 0 Å². The van der Waals surface area contributed by atoms with Gasteiger partial charge in [0.1, 0.15) is 5.75 Å². The van der Waals surface area contributed by atoms with E-state index in [4.69, 9.17) is 9.47 Å². The molecule has 0 spiro atoms. The van der Waals surface area contributed by atoms with Crippen molar-refractivity contribution in [1.82, 2.24) is 0 Å². The minimum Gasteiger partial charge on any atom is -0.499 e. The van der Waals surface area contributed by atoms with Crippen LogP contribution in [-0.2, 0) is 4.74 Å². The van der Waals surface area contributed by atoms with Crippen molar-refractivity contribution in [3.63, 3.8) is 0 Å². The topological polar surface area (TPSA) is 18.5 Å². The highest BCUT2D eigenvalue weighted by Gasteiger charge is 2.09. The minimum absolute atomic E-state index is 0.140. The van der Waals surface area contributed by atoms with Gasteiger partial charge in [-0.2, -0.15) is 0 Å². The number of para-hydroxylation sites is 1. The third kappa shape index (κ3) is 4.54. The second-order valence-corrected chi connectivity index (χ2v) is 3.59. The molecule has 0 aromatic heterocycles. The smallest absolute Gasteiger partial charge is 0.119 e. The van der Waals surface area contributed by atoms with Gasteiger partial charge in [0.2, 0.25) is 0 Å². The first-order valence-electron chi connectivity index (χ1n) is 5.20. The van der Waals surface area contributed by atoms with Crippen molar-refractivity contribution in [1.29, 1.82) is 0 Å². The summed E-state index contributed by atoms with van der Waals surface area (Å²) in [4.78, 5) is 0. The second-order valence-electron chi connectivity index (χ2n) is 3.59. The van der Waals surface area contributed by atoms with E-state index in [0.29, 0.717) is 0 Å². The Morgan fingerprint density at radius 2 is 1.87 bits per heavy atom. The van der Waals surface area contributed by atoms with Gasteiger partial charge in [-0.3, -0.25) is 0 Å². The van der Waals surface area contributed by atoms with Gasteiger partial charge in [0.15, 0.2) is 0 Å². The molecule has 82 valence electrons. The molecule has 0 amide bonds. The number of ether oxygens (including phenoxy) is 2. The summed E-state index contributed by atoms with van der Waals surface area (Å²) in [7, 11) is 0. The lowest BCUT2D eigenvalue weighted by Gasteiger charge is -2.18. The fourth-order valence-corrected chi connectivity index (χ4v) is 1.47. The molecule has 2 atom stereocenters. The van der Waals surface area contributed by atoms with E-state index >= 15 is 0 Å². The van der Waals surface area contributed by atoms with Crippen molar-refractivity contribution in [2.75, 3.05) is 0 Å². The molecule has 0 saturated heterocycles. The molecule has 1 aromatic rings. The Morgan fingerprint density at radius 3 is 2.47 bits per heavy atom. The summed E-state index contributed by atoms with van der Waals surface area (Å²) in [5, 5.41) is 0. The fourth-order valence-electron chi connectivity index (χ4n) is 1.47. The SMILES string of the molecule is C=CO[C@H](C)C[C@@H](C)Oc1ccccc1. The lowest BCUT2D eigenvalue weighted by Crippen LogP contribution is -2.19. The standard InChI is InChI=1S/C13H18O2/c1-4-14-11(2)10-12(3)15-13-8-6-5-7-9-13/h4-9,11-12H,1,10H2,2-3H3/t11-,12-/m1/s1. The molecule has 15 heavy (non-hydrogen) atoms. The largest absolute Gasteiger partial charge is 0.499 e. The van der Waals surface area contributed by atoms with Gasteiger partial charge in [-0.15, -0.1) is 0 Å². The highest BCUT2D eigenvalue weighted by atomic mass is 16.5. The summed E-state index contributed by atoms with van der Waals surface area (Å²) in [6.07, 6.45) is 2.60. The van der Waals surface area contributed by atoms with E-state index in [2.05, 4.69) is 6.58 Å². The van der Waals surface area contributed by atoms with E-state index in [1.165, 1.54) is 6.26 Å². The molecule has 2 nitrogen and oxygen atoms in total. The minimum atomic E-state index is 0.140. The Bertz CT molecular complexity index is 282. The molecule has 0 unspecified atom stereocenters. The number of hydrogen-bond donors (Lipinski definition) is 0. The van der Waals surface area contributed by atoms with Gasteiger partial charge in [0, 0.05) is 6.42 Å². The second kappa shape index (κ2) is 6.12. The molecule has 0 radical (unpaired) electrons. The molecule has 1 aromatic carbocycles. The van der Waals surface area contributed by atoms with E-state index in [9.17, 15) is 0 Å². The van der Waals surface area contributed by atoms with Crippen LogP contribution in [0.15, 0.2) is 43.2 Å². The van der Waals surface area contributed by atoms with Crippen LogP contribution in [0.2, 0.25) is 0 Å². The van der Waals surface area contributed by atoms with Gasteiger partial charge in [0.05, 0.1) is 18.5 Å². The van der Waals surface area contributed by atoms with Crippen LogP contribution < -0.4 is 4.74 Å². The fraction of sp³-hybridized carbons (Fsp3) is 0.385. The number of benzene rings is 1. The predicted molar refractivity (Wildman–Crippen MR) is 61.9 cm³/mol. The molecular formula is C13H18O2. The highest BCUT2D eigenvalue weighted by Crippen LogP contribution is 2.14. The molecule has 1 rings (SSSR count). The van der Waals surface area contributed by atoms with Gasteiger partial charge < -0.3 is 9.47 Å². The Hall–Kier alpha value is -1.44. The Balaban J connectivity index is 2.36. The maximum absolute atomic E-state index is 5.72. The monoisotopic (exact) mass is 206 g/mol. The van der Waals surface area contributed by atoms with Gasteiger partial charge >= 0.3 is 0 Å². The van der Waals surface area contributed by atoms with Gasteiger partial charge in [0.25, 0.3) is 0 Å². The summed E-state index contributed by atoms with van der Waals surface area (Å²) in [5.74, 6) is 0.899. The average molecular weight is 206 g/mol. The van der Waals surface area contributed by atoms with E-state index in [-0.39, 0.29) is 12.2 Å². The zero-order valence-corrected chi connectivity index (χ0v) is 9.35. The van der Waals surface area contributed by atoms with E-state index in [0.717, 1.165) is 12.2 Å². The Labute approximate surface area is 91.5 Å². The van der Waals surface area contributed by atoms with Crippen molar-refractivity contribution in [3.8, 4) is 5.75 Å². The maximum atomic E-state index is 5.72.